The molecule has 0 bridgehead atoms. The summed E-state index contributed by atoms with van der Waals surface area (Å²) in [5.74, 6) is -0.833. The van der Waals surface area contributed by atoms with Crippen LogP contribution in [0, 0.1) is 5.82 Å². The molecule has 0 aromatic heterocycles. The zero-order chi connectivity index (χ0) is 12.8. The van der Waals surface area contributed by atoms with E-state index in [4.69, 9.17) is 15.2 Å². The van der Waals surface area contributed by atoms with Crippen LogP contribution in [0.1, 0.15) is 24.9 Å². The van der Waals surface area contributed by atoms with Crippen molar-refractivity contribution in [3.63, 3.8) is 0 Å². The highest BCUT2D eigenvalue weighted by Crippen LogP contribution is 2.28. The maximum atomic E-state index is 13.4. The maximum Gasteiger partial charge on any atom is 0.307 e. The van der Waals surface area contributed by atoms with Crippen molar-refractivity contribution in [2.75, 3.05) is 13.7 Å². The second-order valence-electron chi connectivity index (χ2n) is 3.48. The molecular formula is C12H16FNO3. The number of esters is 1. The number of ether oxygens (including phenoxy) is 2. The van der Waals surface area contributed by atoms with Gasteiger partial charge in [0.15, 0.2) is 11.6 Å². The Morgan fingerprint density at radius 2 is 2.24 bits per heavy atom. The highest BCUT2D eigenvalue weighted by atomic mass is 19.1. The summed E-state index contributed by atoms with van der Waals surface area (Å²) in [4.78, 5) is 11.3. The van der Waals surface area contributed by atoms with Gasteiger partial charge in [0.25, 0.3) is 0 Å². The van der Waals surface area contributed by atoms with Gasteiger partial charge >= 0.3 is 5.97 Å². The lowest BCUT2D eigenvalue weighted by atomic mass is 10.0. The molecule has 0 unspecified atom stereocenters. The van der Waals surface area contributed by atoms with Crippen molar-refractivity contribution in [1.82, 2.24) is 0 Å². The first-order chi connectivity index (χ1) is 8.10. The monoisotopic (exact) mass is 241 g/mol. The standard InChI is InChI=1S/C12H16FNO3/c1-3-17-11(15)7-10(14)8-5-4-6-9(13)12(8)16-2/h4-6,10H,3,7,14H2,1-2H3/t10-/m1/s1. The first-order valence-corrected chi connectivity index (χ1v) is 5.33. The zero-order valence-corrected chi connectivity index (χ0v) is 9.90. The smallest absolute Gasteiger partial charge is 0.307 e. The Kier molecular flexibility index (Phi) is 4.90. The van der Waals surface area contributed by atoms with Crippen molar-refractivity contribution in [2.45, 2.75) is 19.4 Å². The summed E-state index contributed by atoms with van der Waals surface area (Å²) in [6.45, 7) is 2.01. The highest BCUT2D eigenvalue weighted by Gasteiger charge is 2.18. The first-order valence-electron chi connectivity index (χ1n) is 5.33. The minimum atomic E-state index is -0.639. The van der Waals surface area contributed by atoms with E-state index in [0.29, 0.717) is 12.2 Å². The third-order valence-corrected chi connectivity index (χ3v) is 2.29. The molecule has 2 N–H and O–H groups in total. The van der Waals surface area contributed by atoms with Crippen molar-refractivity contribution in [3.8, 4) is 5.75 Å². The highest BCUT2D eigenvalue weighted by molar-refractivity contribution is 5.70. The molecule has 0 saturated heterocycles. The predicted molar refractivity (Wildman–Crippen MR) is 61.1 cm³/mol. The zero-order valence-electron chi connectivity index (χ0n) is 9.90. The molecular weight excluding hydrogens is 225 g/mol. The third-order valence-electron chi connectivity index (χ3n) is 2.29. The molecule has 0 radical (unpaired) electrons. The number of hydrogen-bond acceptors (Lipinski definition) is 4. The van der Waals surface area contributed by atoms with Crippen LogP contribution in [0.4, 0.5) is 4.39 Å². The fourth-order valence-electron chi connectivity index (χ4n) is 1.54. The van der Waals surface area contributed by atoms with Gasteiger partial charge in [-0.1, -0.05) is 12.1 Å². The van der Waals surface area contributed by atoms with E-state index in [2.05, 4.69) is 0 Å². The number of methoxy groups -OCH3 is 1. The molecule has 17 heavy (non-hydrogen) atoms. The summed E-state index contributed by atoms with van der Waals surface area (Å²) >= 11 is 0. The summed E-state index contributed by atoms with van der Waals surface area (Å²) in [6.07, 6.45) is -0.00630. The predicted octanol–water partition coefficient (Wildman–Crippen LogP) is 1.79. The molecule has 0 aliphatic heterocycles. The van der Waals surface area contributed by atoms with Crippen LogP contribution in [0.2, 0.25) is 0 Å². The average molecular weight is 241 g/mol. The Hall–Kier alpha value is -1.62. The van der Waals surface area contributed by atoms with Crippen LogP contribution in [0.3, 0.4) is 0 Å². The number of para-hydroxylation sites is 1. The van der Waals surface area contributed by atoms with Crippen molar-refractivity contribution in [1.29, 1.82) is 0 Å². The number of rotatable bonds is 5. The van der Waals surface area contributed by atoms with Gasteiger partial charge in [0, 0.05) is 11.6 Å². The molecule has 4 nitrogen and oxygen atoms in total. The summed E-state index contributed by atoms with van der Waals surface area (Å²) < 4.78 is 23.1. The van der Waals surface area contributed by atoms with Crippen LogP contribution in [0.25, 0.3) is 0 Å². The number of benzene rings is 1. The van der Waals surface area contributed by atoms with Crippen LogP contribution < -0.4 is 10.5 Å². The Labute approximate surface area is 99.5 Å². The van der Waals surface area contributed by atoms with E-state index in [-0.39, 0.29) is 12.2 Å². The summed E-state index contributed by atoms with van der Waals surface area (Å²) in [5, 5.41) is 0. The Balaban J connectivity index is 2.85. The van der Waals surface area contributed by atoms with E-state index >= 15 is 0 Å². The van der Waals surface area contributed by atoms with Crippen molar-refractivity contribution in [3.05, 3.63) is 29.6 Å². The van der Waals surface area contributed by atoms with E-state index in [1.807, 2.05) is 0 Å². The summed E-state index contributed by atoms with van der Waals surface area (Å²) in [5.41, 5.74) is 6.28. The van der Waals surface area contributed by atoms with Gasteiger partial charge in [-0.25, -0.2) is 4.39 Å². The van der Waals surface area contributed by atoms with Gasteiger partial charge in [-0.15, -0.1) is 0 Å². The second kappa shape index (κ2) is 6.20. The molecule has 1 rings (SSSR count). The lowest BCUT2D eigenvalue weighted by molar-refractivity contribution is -0.143. The fraction of sp³-hybridized carbons (Fsp3) is 0.417. The van der Waals surface area contributed by atoms with Crippen LogP contribution in [0.5, 0.6) is 5.75 Å². The number of carbonyl (C=O) groups is 1. The number of halogens is 1. The lowest BCUT2D eigenvalue weighted by Gasteiger charge is -2.15. The molecule has 5 heteroatoms. The van der Waals surface area contributed by atoms with E-state index < -0.39 is 17.8 Å². The summed E-state index contributed by atoms with van der Waals surface area (Å²) in [6, 6.07) is 3.79. The van der Waals surface area contributed by atoms with Gasteiger partial charge < -0.3 is 15.2 Å². The molecule has 1 aromatic carbocycles. The number of hydrogen-bond donors (Lipinski definition) is 1. The van der Waals surface area contributed by atoms with Gasteiger partial charge in [-0.3, -0.25) is 4.79 Å². The molecule has 0 heterocycles. The van der Waals surface area contributed by atoms with E-state index in [1.165, 1.54) is 19.2 Å². The normalized spacial score (nSPS) is 12.0. The number of carbonyl (C=O) groups excluding carboxylic acids is 1. The van der Waals surface area contributed by atoms with Crippen LogP contribution in [0.15, 0.2) is 18.2 Å². The lowest BCUT2D eigenvalue weighted by Crippen LogP contribution is -2.18. The molecule has 0 spiro atoms. The van der Waals surface area contributed by atoms with E-state index in [0.717, 1.165) is 0 Å². The molecule has 0 saturated carbocycles. The fourth-order valence-corrected chi connectivity index (χ4v) is 1.54. The molecule has 0 fully saturated rings. The van der Waals surface area contributed by atoms with Gasteiger partial charge in [0.1, 0.15) is 0 Å². The van der Waals surface area contributed by atoms with Crippen molar-refractivity contribution in [2.24, 2.45) is 5.73 Å². The quantitative estimate of drug-likeness (QED) is 0.798. The van der Waals surface area contributed by atoms with Crippen molar-refractivity contribution < 1.29 is 18.7 Å². The molecule has 1 aromatic rings. The van der Waals surface area contributed by atoms with E-state index in [9.17, 15) is 9.18 Å². The second-order valence-corrected chi connectivity index (χ2v) is 3.48. The van der Waals surface area contributed by atoms with Crippen LogP contribution in [-0.4, -0.2) is 19.7 Å². The van der Waals surface area contributed by atoms with E-state index in [1.54, 1.807) is 13.0 Å². The number of nitrogens with two attached hydrogens (primary N) is 1. The van der Waals surface area contributed by atoms with Crippen LogP contribution in [-0.2, 0) is 9.53 Å². The minimum Gasteiger partial charge on any atom is -0.493 e. The topological polar surface area (TPSA) is 61.5 Å². The Morgan fingerprint density at radius 3 is 2.82 bits per heavy atom. The van der Waals surface area contributed by atoms with Crippen molar-refractivity contribution >= 4 is 5.97 Å². The van der Waals surface area contributed by atoms with Gasteiger partial charge in [-0.05, 0) is 13.0 Å². The van der Waals surface area contributed by atoms with Gasteiger partial charge in [-0.2, -0.15) is 0 Å². The summed E-state index contributed by atoms with van der Waals surface area (Å²) in [7, 11) is 1.36. The molecule has 0 aliphatic carbocycles. The largest absolute Gasteiger partial charge is 0.493 e. The SMILES string of the molecule is CCOC(=O)C[C@@H](N)c1cccc(F)c1OC. The molecule has 1 atom stereocenters. The molecule has 94 valence electrons. The van der Waals surface area contributed by atoms with Gasteiger partial charge in [0.2, 0.25) is 0 Å². The first kappa shape index (κ1) is 13.4. The van der Waals surface area contributed by atoms with Crippen LogP contribution >= 0.6 is 0 Å². The maximum absolute atomic E-state index is 13.4. The Morgan fingerprint density at radius 1 is 1.53 bits per heavy atom. The average Bonchev–Trinajstić information content (AvgIpc) is 2.28. The third kappa shape index (κ3) is 3.42. The molecule has 0 amide bonds. The molecule has 0 aliphatic rings. The Bertz CT molecular complexity index is 395. The minimum absolute atomic E-state index is 0.00630. The van der Waals surface area contributed by atoms with Gasteiger partial charge in [0.05, 0.1) is 20.1 Å².